The number of likely N-dealkylation sites (tertiary alicyclic amines) is 1. The number of hydrogen-bond donors (Lipinski definition) is 2. The van der Waals surface area contributed by atoms with Gasteiger partial charge in [0.1, 0.15) is 5.76 Å². The maximum Gasteiger partial charge on any atom is 0.490 e. The molecule has 2 saturated heterocycles. The van der Waals surface area contributed by atoms with Gasteiger partial charge in [0.15, 0.2) is 0 Å². The number of nitrogens with zero attached hydrogens (tertiary/aromatic N) is 5. The number of hydrogen-bond acceptors (Lipinski definition) is 8. The minimum atomic E-state index is -5.08. The average molecular weight is 598 g/mol. The third-order valence-corrected chi connectivity index (χ3v) is 6.38. The lowest BCUT2D eigenvalue weighted by Crippen LogP contribution is -2.47. The number of carboxylic acids is 2. The van der Waals surface area contributed by atoms with Crippen LogP contribution in [0.25, 0.3) is 0 Å². The molecule has 2 fully saturated rings. The summed E-state index contributed by atoms with van der Waals surface area (Å²) in [4.78, 5) is 46.3. The maximum absolute atomic E-state index is 13.3. The van der Waals surface area contributed by atoms with Gasteiger partial charge in [0.25, 0.3) is 0 Å². The molecule has 0 radical (unpaired) electrons. The van der Waals surface area contributed by atoms with Crippen molar-refractivity contribution >= 4 is 23.8 Å². The van der Waals surface area contributed by atoms with Crippen molar-refractivity contribution in [2.75, 3.05) is 45.2 Å². The largest absolute Gasteiger partial charge is 0.490 e. The Morgan fingerprint density at radius 1 is 1.02 bits per heavy atom. The van der Waals surface area contributed by atoms with Gasteiger partial charge in [-0.2, -0.15) is 26.3 Å². The van der Waals surface area contributed by atoms with Crippen LogP contribution in [-0.2, 0) is 20.9 Å². The number of amides is 1. The molecule has 4 rings (SSSR count). The SMILES string of the molecule is CN(C)C(=O)[C@]12CCCN(Cc3ccco3)C[C@H]1CN(c1ncccn1)C2.O=C(O)C(F)(F)F.O=C(O)C(F)(F)F. The van der Waals surface area contributed by atoms with Crippen LogP contribution >= 0.6 is 0 Å². The number of fused-ring (bicyclic) bond motifs is 1. The molecule has 41 heavy (non-hydrogen) atoms. The molecule has 2 aromatic rings. The Morgan fingerprint density at radius 2 is 1.59 bits per heavy atom. The summed E-state index contributed by atoms with van der Waals surface area (Å²) in [6.45, 7) is 4.15. The highest BCUT2D eigenvalue weighted by Crippen LogP contribution is 2.44. The summed E-state index contributed by atoms with van der Waals surface area (Å²) in [5, 5.41) is 14.2. The number of carboxylic acid groups (broad SMARTS) is 2. The van der Waals surface area contributed by atoms with Crippen molar-refractivity contribution in [3.05, 3.63) is 42.6 Å². The van der Waals surface area contributed by atoms with E-state index in [1.807, 2.05) is 32.3 Å². The van der Waals surface area contributed by atoms with Crippen LogP contribution in [0, 0.1) is 11.3 Å². The van der Waals surface area contributed by atoms with Gasteiger partial charge < -0.3 is 24.4 Å². The molecule has 0 saturated carbocycles. The van der Waals surface area contributed by atoms with Crippen LogP contribution in [0.15, 0.2) is 41.3 Å². The fraction of sp³-hybridized carbons (Fsp3) is 0.542. The van der Waals surface area contributed by atoms with Crippen molar-refractivity contribution in [1.29, 1.82) is 0 Å². The highest BCUT2D eigenvalue weighted by Gasteiger charge is 2.54. The summed E-state index contributed by atoms with van der Waals surface area (Å²) >= 11 is 0. The van der Waals surface area contributed by atoms with Crippen LogP contribution in [0.4, 0.5) is 32.3 Å². The van der Waals surface area contributed by atoms with Crippen LogP contribution in [0.1, 0.15) is 18.6 Å². The molecule has 0 bridgehead atoms. The van der Waals surface area contributed by atoms with E-state index in [1.165, 1.54) is 0 Å². The summed E-state index contributed by atoms with van der Waals surface area (Å²) in [5.74, 6) is -3.35. The van der Waals surface area contributed by atoms with Crippen LogP contribution < -0.4 is 4.90 Å². The quantitative estimate of drug-likeness (QED) is 0.505. The Bertz CT molecular complexity index is 1120. The first-order valence-corrected chi connectivity index (χ1v) is 12.1. The van der Waals surface area contributed by atoms with Gasteiger partial charge in [0, 0.05) is 52.0 Å². The topological polar surface area (TPSA) is 140 Å². The van der Waals surface area contributed by atoms with Crippen molar-refractivity contribution in [1.82, 2.24) is 19.8 Å². The summed E-state index contributed by atoms with van der Waals surface area (Å²) in [7, 11) is 3.72. The molecule has 0 unspecified atom stereocenters. The van der Waals surface area contributed by atoms with Gasteiger partial charge in [-0.15, -0.1) is 0 Å². The van der Waals surface area contributed by atoms with Crippen LogP contribution in [0.2, 0.25) is 0 Å². The number of rotatable bonds is 4. The van der Waals surface area contributed by atoms with Gasteiger partial charge in [0.2, 0.25) is 11.9 Å². The average Bonchev–Trinajstić information content (AvgIpc) is 3.48. The van der Waals surface area contributed by atoms with E-state index in [1.54, 1.807) is 23.6 Å². The molecular weight excluding hydrogens is 568 g/mol. The first-order chi connectivity index (χ1) is 19.0. The van der Waals surface area contributed by atoms with Gasteiger partial charge in [-0.1, -0.05) is 0 Å². The van der Waals surface area contributed by atoms with E-state index < -0.39 is 24.3 Å². The third kappa shape index (κ3) is 9.33. The predicted octanol–water partition coefficient (Wildman–Crippen LogP) is 3.14. The lowest BCUT2D eigenvalue weighted by atomic mass is 9.74. The highest BCUT2D eigenvalue weighted by molar-refractivity contribution is 5.84. The second-order valence-electron chi connectivity index (χ2n) is 9.51. The van der Waals surface area contributed by atoms with Crippen LogP contribution in [0.5, 0.6) is 0 Å². The number of aromatic nitrogens is 2. The van der Waals surface area contributed by atoms with Gasteiger partial charge in [-0.25, -0.2) is 19.6 Å². The molecule has 1 amide bonds. The number of alkyl halides is 6. The van der Waals surface area contributed by atoms with Crippen molar-refractivity contribution in [3.8, 4) is 0 Å². The number of carbonyl (C=O) groups is 3. The Balaban J connectivity index is 0.000000349. The summed E-state index contributed by atoms with van der Waals surface area (Å²) in [5.41, 5.74) is -0.374. The second-order valence-corrected chi connectivity index (χ2v) is 9.51. The minimum Gasteiger partial charge on any atom is -0.475 e. The molecule has 11 nitrogen and oxygen atoms in total. The van der Waals surface area contributed by atoms with Gasteiger partial charge >= 0.3 is 24.3 Å². The fourth-order valence-electron chi connectivity index (χ4n) is 4.68. The van der Waals surface area contributed by atoms with E-state index in [0.29, 0.717) is 12.5 Å². The highest BCUT2D eigenvalue weighted by atomic mass is 19.4. The van der Waals surface area contributed by atoms with E-state index in [9.17, 15) is 31.1 Å². The maximum atomic E-state index is 13.3. The molecule has 0 aromatic carbocycles. The monoisotopic (exact) mass is 597 g/mol. The van der Waals surface area contributed by atoms with Crippen LogP contribution in [0.3, 0.4) is 0 Å². The molecule has 2 aromatic heterocycles. The van der Waals surface area contributed by atoms with E-state index in [-0.39, 0.29) is 17.2 Å². The molecule has 17 heteroatoms. The first-order valence-electron chi connectivity index (χ1n) is 12.1. The predicted molar refractivity (Wildman–Crippen MR) is 129 cm³/mol. The zero-order valence-electron chi connectivity index (χ0n) is 22.0. The molecule has 0 spiro atoms. The lowest BCUT2D eigenvalue weighted by Gasteiger charge is -2.34. The molecule has 0 aliphatic carbocycles. The molecular formula is C24H29F6N5O6. The number of aliphatic carboxylic acids is 2. The zero-order chi connectivity index (χ0) is 31.0. The first kappa shape index (κ1) is 33.3. The third-order valence-electron chi connectivity index (χ3n) is 6.38. The van der Waals surface area contributed by atoms with Crippen molar-refractivity contribution in [2.24, 2.45) is 11.3 Å². The van der Waals surface area contributed by atoms with Crippen LogP contribution in [-0.4, -0.2) is 100 Å². The zero-order valence-corrected chi connectivity index (χ0v) is 22.0. The minimum absolute atomic E-state index is 0.228. The molecule has 2 aliphatic heterocycles. The summed E-state index contributed by atoms with van der Waals surface area (Å²) in [6.07, 6.45) is -3.02. The Labute approximate surface area is 230 Å². The van der Waals surface area contributed by atoms with Crippen molar-refractivity contribution < 1.29 is 55.4 Å². The van der Waals surface area contributed by atoms with Gasteiger partial charge in [-0.3, -0.25) is 9.69 Å². The number of anilines is 1. The summed E-state index contributed by atoms with van der Waals surface area (Å²) < 4.78 is 69.0. The number of carbonyl (C=O) groups excluding carboxylic acids is 1. The second kappa shape index (κ2) is 13.6. The van der Waals surface area contributed by atoms with Gasteiger partial charge in [-0.05, 0) is 37.6 Å². The number of furan rings is 1. The standard InChI is InChI=1S/C20H27N5O2.2C2HF3O2/c1-23(2)18(26)20-7-4-10-24(14-17-6-3-11-27-17)12-16(20)13-25(15-20)19-21-8-5-9-22-19;2*3-2(4,5)1(6)7/h3,5-6,8-9,11,16H,4,7,10,12-15H2,1-2H3;2*(H,6,7)/t16-,20-;;/m0../s1. The smallest absolute Gasteiger partial charge is 0.475 e. The molecule has 228 valence electrons. The molecule has 2 N–H and O–H groups in total. The molecule has 2 aliphatic rings. The molecule has 2 atom stereocenters. The summed E-state index contributed by atoms with van der Waals surface area (Å²) in [6, 6.07) is 5.77. The molecule has 4 heterocycles. The lowest BCUT2D eigenvalue weighted by molar-refractivity contribution is -0.193. The Kier molecular flexibility index (Phi) is 11.1. The van der Waals surface area contributed by atoms with E-state index >= 15 is 0 Å². The Hall–Kier alpha value is -3.89. The normalized spacial score (nSPS) is 20.9. The van der Waals surface area contributed by atoms with E-state index in [2.05, 4.69) is 19.8 Å². The Morgan fingerprint density at radius 3 is 2.05 bits per heavy atom. The van der Waals surface area contributed by atoms with Crippen molar-refractivity contribution in [2.45, 2.75) is 31.7 Å². The van der Waals surface area contributed by atoms with E-state index in [4.69, 9.17) is 24.2 Å². The number of halogens is 6. The van der Waals surface area contributed by atoms with Crippen molar-refractivity contribution in [3.63, 3.8) is 0 Å². The van der Waals surface area contributed by atoms with E-state index in [0.717, 1.165) is 44.8 Å². The fourth-order valence-corrected chi connectivity index (χ4v) is 4.68. The van der Waals surface area contributed by atoms with Gasteiger partial charge in [0.05, 0.1) is 18.2 Å².